The molecule has 0 fully saturated rings. The van der Waals surface area contributed by atoms with Crippen LogP contribution in [-0.2, 0) is 6.42 Å². The quantitative estimate of drug-likeness (QED) is 0.282. The fourth-order valence-corrected chi connectivity index (χ4v) is 4.36. The van der Waals surface area contributed by atoms with Gasteiger partial charge in [-0.05, 0) is 79.8 Å². The standard InChI is InChI=1S/C29H31N3O4/c1-17(2)36-27-11-9-19(23-10-8-20(28(30)34)12-18(23)3)14-25(27)29(35)32-22(16-33)13-21-15-31-26-7-5-4-6-24(21)26/h4-12,14-15,17,22,31,33H,13,16H2,1-3H3,(H2,30,34)(H,32,35)/t22-/m1/s1. The van der Waals surface area contributed by atoms with Crippen LogP contribution in [0.15, 0.2) is 66.9 Å². The van der Waals surface area contributed by atoms with Crippen molar-refractivity contribution in [2.45, 2.75) is 39.3 Å². The maximum atomic E-state index is 13.4. The lowest BCUT2D eigenvalue weighted by atomic mass is 9.96. The van der Waals surface area contributed by atoms with Gasteiger partial charge >= 0.3 is 0 Å². The molecule has 4 rings (SSSR count). The first-order chi connectivity index (χ1) is 17.3. The summed E-state index contributed by atoms with van der Waals surface area (Å²) in [6.07, 6.45) is 2.25. The Morgan fingerprint density at radius 1 is 1.08 bits per heavy atom. The van der Waals surface area contributed by atoms with Crippen LogP contribution in [0.5, 0.6) is 5.75 Å². The van der Waals surface area contributed by atoms with E-state index < -0.39 is 11.9 Å². The minimum Gasteiger partial charge on any atom is -0.490 e. The average molecular weight is 486 g/mol. The van der Waals surface area contributed by atoms with Gasteiger partial charge in [-0.3, -0.25) is 9.59 Å². The van der Waals surface area contributed by atoms with Gasteiger partial charge in [-0.2, -0.15) is 0 Å². The van der Waals surface area contributed by atoms with E-state index in [0.29, 0.717) is 23.3 Å². The van der Waals surface area contributed by atoms with Crippen LogP contribution in [0.1, 0.15) is 45.7 Å². The highest BCUT2D eigenvalue weighted by atomic mass is 16.5. The van der Waals surface area contributed by atoms with Crippen LogP contribution in [0, 0.1) is 6.92 Å². The van der Waals surface area contributed by atoms with Crippen molar-refractivity contribution in [3.8, 4) is 16.9 Å². The Kier molecular flexibility index (Phi) is 7.41. The number of fused-ring (bicyclic) bond motifs is 1. The summed E-state index contributed by atoms with van der Waals surface area (Å²) in [7, 11) is 0. The van der Waals surface area contributed by atoms with Crippen LogP contribution in [0.4, 0.5) is 0 Å². The molecule has 0 saturated heterocycles. The van der Waals surface area contributed by atoms with Gasteiger partial charge in [-0.25, -0.2) is 0 Å². The number of rotatable bonds is 9. The molecule has 0 bridgehead atoms. The zero-order valence-electron chi connectivity index (χ0n) is 20.7. The minimum atomic E-state index is -0.490. The molecular weight excluding hydrogens is 454 g/mol. The molecule has 3 aromatic carbocycles. The molecule has 5 N–H and O–H groups in total. The maximum Gasteiger partial charge on any atom is 0.255 e. The monoisotopic (exact) mass is 485 g/mol. The molecule has 7 nitrogen and oxygen atoms in total. The number of aromatic amines is 1. The second-order valence-electron chi connectivity index (χ2n) is 9.19. The zero-order chi connectivity index (χ0) is 25.8. The number of hydrogen-bond acceptors (Lipinski definition) is 4. The van der Waals surface area contributed by atoms with Gasteiger partial charge in [-0.15, -0.1) is 0 Å². The molecule has 7 heteroatoms. The summed E-state index contributed by atoms with van der Waals surface area (Å²) in [5, 5.41) is 14.1. The number of aryl methyl sites for hydroxylation is 1. The van der Waals surface area contributed by atoms with Crippen molar-refractivity contribution < 1.29 is 19.4 Å². The Hall–Kier alpha value is -4.10. The van der Waals surface area contributed by atoms with Crippen molar-refractivity contribution in [2.75, 3.05) is 6.61 Å². The van der Waals surface area contributed by atoms with E-state index >= 15 is 0 Å². The van der Waals surface area contributed by atoms with Crippen LogP contribution >= 0.6 is 0 Å². The van der Waals surface area contributed by atoms with Crippen molar-refractivity contribution in [3.05, 3.63) is 89.1 Å². The molecular formula is C29H31N3O4. The summed E-state index contributed by atoms with van der Waals surface area (Å²) in [5.41, 5.74) is 10.8. The number of benzene rings is 3. The van der Waals surface area contributed by atoms with Gasteiger partial charge in [0.05, 0.1) is 24.3 Å². The molecule has 0 saturated carbocycles. The third-order valence-corrected chi connectivity index (χ3v) is 6.11. The largest absolute Gasteiger partial charge is 0.490 e. The number of nitrogens with one attached hydrogen (secondary N) is 2. The molecule has 0 unspecified atom stereocenters. The van der Waals surface area contributed by atoms with Gasteiger partial charge < -0.3 is 25.9 Å². The molecule has 0 aliphatic rings. The lowest BCUT2D eigenvalue weighted by molar-refractivity contribution is 0.0910. The predicted molar refractivity (Wildman–Crippen MR) is 141 cm³/mol. The number of aromatic nitrogens is 1. The predicted octanol–water partition coefficient (Wildman–Crippen LogP) is 4.36. The van der Waals surface area contributed by atoms with Crippen LogP contribution in [0.2, 0.25) is 0 Å². The van der Waals surface area contributed by atoms with Crippen LogP contribution in [-0.4, -0.2) is 40.7 Å². The molecule has 36 heavy (non-hydrogen) atoms. The summed E-state index contributed by atoms with van der Waals surface area (Å²) in [4.78, 5) is 28.2. The number of H-pyrrole nitrogens is 1. The molecule has 0 aliphatic carbocycles. The van der Waals surface area contributed by atoms with Crippen molar-refractivity contribution >= 4 is 22.7 Å². The molecule has 4 aromatic rings. The lowest BCUT2D eigenvalue weighted by Gasteiger charge is -2.20. The number of hydrogen-bond donors (Lipinski definition) is 4. The van der Waals surface area contributed by atoms with E-state index in [9.17, 15) is 14.7 Å². The van der Waals surface area contributed by atoms with E-state index in [4.69, 9.17) is 10.5 Å². The van der Waals surface area contributed by atoms with E-state index in [-0.39, 0.29) is 18.6 Å². The van der Waals surface area contributed by atoms with Crippen LogP contribution in [0.25, 0.3) is 22.0 Å². The zero-order valence-corrected chi connectivity index (χ0v) is 20.7. The number of nitrogens with two attached hydrogens (primary N) is 1. The van der Waals surface area contributed by atoms with Gasteiger partial charge in [0.1, 0.15) is 5.75 Å². The molecule has 0 spiro atoms. The number of amides is 2. The first-order valence-electron chi connectivity index (χ1n) is 11.9. The molecule has 1 heterocycles. The average Bonchev–Trinajstić information content (AvgIpc) is 3.26. The van der Waals surface area contributed by atoms with Crippen LogP contribution < -0.4 is 15.8 Å². The Balaban J connectivity index is 1.63. The summed E-state index contributed by atoms with van der Waals surface area (Å²) in [6, 6.07) is 18.1. The summed E-state index contributed by atoms with van der Waals surface area (Å²) in [6.45, 7) is 5.48. The van der Waals surface area contributed by atoms with E-state index in [1.807, 2.05) is 63.4 Å². The van der Waals surface area contributed by atoms with E-state index in [1.54, 1.807) is 24.3 Å². The van der Waals surface area contributed by atoms with Crippen molar-refractivity contribution in [3.63, 3.8) is 0 Å². The summed E-state index contributed by atoms with van der Waals surface area (Å²) < 4.78 is 5.93. The summed E-state index contributed by atoms with van der Waals surface area (Å²) >= 11 is 0. The van der Waals surface area contributed by atoms with Crippen molar-refractivity contribution in [1.29, 1.82) is 0 Å². The highest BCUT2D eigenvalue weighted by molar-refractivity contribution is 5.99. The van der Waals surface area contributed by atoms with E-state index in [2.05, 4.69) is 10.3 Å². The number of carbonyl (C=O) groups excluding carboxylic acids is 2. The number of aliphatic hydroxyl groups is 1. The minimum absolute atomic E-state index is 0.126. The Bertz CT molecular complexity index is 1410. The maximum absolute atomic E-state index is 13.4. The Labute approximate surface area is 210 Å². The van der Waals surface area contributed by atoms with E-state index in [1.165, 1.54) is 0 Å². The highest BCUT2D eigenvalue weighted by Gasteiger charge is 2.20. The second-order valence-corrected chi connectivity index (χ2v) is 9.19. The van der Waals surface area contributed by atoms with Gasteiger partial charge in [0.15, 0.2) is 0 Å². The first kappa shape index (κ1) is 25.0. The number of aliphatic hydroxyl groups excluding tert-OH is 1. The first-order valence-corrected chi connectivity index (χ1v) is 11.9. The third kappa shape index (κ3) is 5.42. The smallest absolute Gasteiger partial charge is 0.255 e. The molecule has 0 radical (unpaired) electrons. The fraction of sp³-hybridized carbons (Fsp3) is 0.241. The molecule has 1 aromatic heterocycles. The van der Waals surface area contributed by atoms with Gasteiger partial charge in [0.25, 0.3) is 5.91 Å². The SMILES string of the molecule is Cc1cc(C(N)=O)ccc1-c1ccc(OC(C)C)c(C(=O)N[C@@H](CO)Cc2c[nH]c3ccccc23)c1. The molecule has 186 valence electrons. The third-order valence-electron chi connectivity index (χ3n) is 6.11. The highest BCUT2D eigenvalue weighted by Crippen LogP contribution is 2.30. The number of para-hydroxylation sites is 1. The Morgan fingerprint density at radius 2 is 1.86 bits per heavy atom. The normalized spacial score (nSPS) is 12.0. The van der Waals surface area contributed by atoms with Gasteiger partial charge in [0.2, 0.25) is 5.91 Å². The number of primary amides is 1. The lowest BCUT2D eigenvalue weighted by Crippen LogP contribution is -2.39. The molecule has 0 aliphatic heterocycles. The van der Waals surface area contributed by atoms with Gasteiger partial charge in [-0.1, -0.05) is 30.3 Å². The topological polar surface area (TPSA) is 117 Å². The van der Waals surface area contributed by atoms with E-state index in [0.717, 1.165) is 33.2 Å². The van der Waals surface area contributed by atoms with Crippen LogP contribution in [0.3, 0.4) is 0 Å². The number of ether oxygens (including phenoxy) is 1. The number of carbonyl (C=O) groups is 2. The molecule has 2 amide bonds. The summed E-state index contributed by atoms with van der Waals surface area (Å²) in [5.74, 6) is -0.366. The Morgan fingerprint density at radius 3 is 2.56 bits per heavy atom. The molecule has 1 atom stereocenters. The fourth-order valence-electron chi connectivity index (χ4n) is 4.36. The van der Waals surface area contributed by atoms with Crippen molar-refractivity contribution in [1.82, 2.24) is 10.3 Å². The second kappa shape index (κ2) is 10.7. The van der Waals surface area contributed by atoms with Crippen molar-refractivity contribution in [2.24, 2.45) is 5.73 Å². The van der Waals surface area contributed by atoms with Gasteiger partial charge in [0, 0.05) is 22.7 Å².